The van der Waals surface area contributed by atoms with Gasteiger partial charge in [0.2, 0.25) is 0 Å². The van der Waals surface area contributed by atoms with Gasteiger partial charge >= 0.3 is 0 Å². The second-order valence-corrected chi connectivity index (χ2v) is 7.98. The van der Waals surface area contributed by atoms with Gasteiger partial charge in [-0.3, -0.25) is 5.01 Å². The number of rotatable bonds is 0. The maximum atomic E-state index is 14.0. The van der Waals surface area contributed by atoms with Crippen molar-refractivity contribution in [3.8, 4) is 17.7 Å². The third-order valence-corrected chi connectivity index (χ3v) is 5.60. The zero-order chi connectivity index (χ0) is 21.9. The van der Waals surface area contributed by atoms with Crippen molar-refractivity contribution >= 4 is 11.4 Å². The molecule has 1 aromatic heterocycles. The number of nitrogens with zero attached hydrogens (tertiary/aromatic N) is 4. The highest BCUT2D eigenvalue weighted by Crippen LogP contribution is 2.44. The highest BCUT2D eigenvalue weighted by Gasteiger charge is 2.51. The molecule has 2 bridgehead atoms. The van der Waals surface area contributed by atoms with Gasteiger partial charge < -0.3 is 19.9 Å². The predicted molar refractivity (Wildman–Crippen MR) is 108 cm³/mol. The van der Waals surface area contributed by atoms with Crippen LogP contribution < -0.4 is 20.6 Å². The van der Waals surface area contributed by atoms with Crippen molar-refractivity contribution < 1.29 is 18.6 Å². The standard InChI is InChI=1S/C21H21FN6O3/c1-10-12-6-11(22)4-5-15(12)30-16-7-17(16)31-21(2)18(14(8-23)28(3)27-21)13-9-25-19(24)20(26-13)29-10/h4-6,9-10,16-17,27H,7H2,1-3H3,(H2,24,25)/t10-,16?,17?,21?/m1/s1. The van der Waals surface area contributed by atoms with Crippen molar-refractivity contribution in [1.82, 2.24) is 20.4 Å². The Morgan fingerprint density at radius 3 is 2.94 bits per heavy atom. The molecular weight excluding hydrogens is 403 g/mol. The Kier molecular flexibility index (Phi) is 4.28. The van der Waals surface area contributed by atoms with Crippen LogP contribution in [0.25, 0.3) is 5.57 Å². The first-order valence-electron chi connectivity index (χ1n) is 9.89. The van der Waals surface area contributed by atoms with E-state index < -0.39 is 17.6 Å². The molecule has 3 N–H and O–H groups in total. The fourth-order valence-electron chi connectivity index (χ4n) is 4.04. The van der Waals surface area contributed by atoms with E-state index in [-0.39, 0.29) is 23.9 Å². The van der Waals surface area contributed by atoms with E-state index in [9.17, 15) is 9.65 Å². The van der Waals surface area contributed by atoms with Crippen LogP contribution in [-0.2, 0) is 4.74 Å². The Morgan fingerprint density at radius 2 is 2.16 bits per heavy atom. The summed E-state index contributed by atoms with van der Waals surface area (Å²) in [7, 11) is 1.73. The molecule has 0 saturated heterocycles. The number of hydrogen-bond acceptors (Lipinski definition) is 9. The number of nitriles is 1. The van der Waals surface area contributed by atoms with Gasteiger partial charge in [0.15, 0.2) is 11.5 Å². The topological polar surface area (TPSA) is 119 Å². The summed E-state index contributed by atoms with van der Waals surface area (Å²) in [6.45, 7) is 3.58. The number of ether oxygens (including phenoxy) is 3. The zero-order valence-electron chi connectivity index (χ0n) is 17.2. The smallest absolute Gasteiger partial charge is 0.258 e. The number of hydrogen-bond donors (Lipinski definition) is 2. The van der Waals surface area contributed by atoms with Crippen LogP contribution in [0.4, 0.5) is 10.2 Å². The van der Waals surface area contributed by atoms with Gasteiger partial charge in [0, 0.05) is 19.0 Å². The zero-order valence-corrected chi connectivity index (χ0v) is 17.2. The molecule has 3 aliphatic rings. The number of anilines is 1. The average Bonchev–Trinajstić information content (AvgIpc) is 3.37. The van der Waals surface area contributed by atoms with Crippen LogP contribution in [0.5, 0.6) is 11.6 Å². The molecule has 3 heterocycles. The molecular formula is C21H21FN6O3. The van der Waals surface area contributed by atoms with Crippen molar-refractivity contribution in [2.24, 2.45) is 0 Å². The third-order valence-electron chi connectivity index (χ3n) is 5.60. The molecule has 1 saturated carbocycles. The number of nitrogens with two attached hydrogens (primary N) is 1. The number of nitrogens with one attached hydrogen (secondary N) is 1. The number of halogens is 1. The van der Waals surface area contributed by atoms with Gasteiger partial charge in [-0.15, -0.1) is 0 Å². The van der Waals surface area contributed by atoms with Crippen LogP contribution in [0.3, 0.4) is 0 Å². The van der Waals surface area contributed by atoms with Crippen LogP contribution in [0, 0.1) is 17.1 Å². The molecule has 160 valence electrons. The minimum absolute atomic E-state index is 0.0753. The molecule has 10 heteroatoms. The monoisotopic (exact) mass is 424 g/mol. The van der Waals surface area contributed by atoms with E-state index in [1.165, 1.54) is 18.3 Å². The summed E-state index contributed by atoms with van der Waals surface area (Å²) in [5, 5.41) is 11.4. The molecule has 4 atom stereocenters. The maximum Gasteiger partial charge on any atom is 0.258 e. The van der Waals surface area contributed by atoms with Crippen LogP contribution in [0.15, 0.2) is 30.1 Å². The third kappa shape index (κ3) is 3.22. The Hall–Kier alpha value is -3.42. The molecule has 0 amide bonds. The van der Waals surface area contributed by atoms with Crippen molar-refractivity contribution in [2.45, 2.75) is 44.3 Å². The normalized spacial score (nSPS) is 29.1. The summed E-state index contributed by atoms with van der Waals surface area (Å²) >= 11 is 0. The molecule has 1 aromatic carbocycles. The first kappa shape index (κ1) is 19.5. The fourth-order valence-corrected chi connectivity index (χ4v) is 4.04. The quantitative estimate of drug-likeness (QED) is 0.656. The van der Waals surface area contributed by atoms with Crippen molar-refractivity contribution in [1.29, 1.82) is 5.26 Å². The van der Waals surface area contributed by atoms with Gasteiger partial charge in [0.05, 0.1) is 17.5 Å². The molecule has 2 aliphatic heterocycles. The predicted octanol–water partition coefficient (Wildman–Crippen LogP) is 2.29. The largest absolute Gasteiger partial charge is 0.487 e. The van der Waals surface area contributed by atoms with Gasteiger partial charge in [-0.1, -0.05) is 0 Å². The van der Waals surface area contributed by atoms with E-state index in [4.69, 9.17) is 19.9 Å². The van der Waals surface area contributed by atoms with Gasteiger partial charge in [-0.2, -0.15) is 10.7 Å². The van der Waals surface area contributed by atoms with Crippen molar-refractivity contribution in [2.75, 3.05) is 12.8 Å². The van der Waals surface area contributed by atoms with Crippen LogP contribution >= 0.6 is 0 Å². The Morgan fingerprint density at radius 1 is 1.35 bits per heavy atom. The van der Waals surface area contributed by atoms with E-state index in [0.29, 0.717) is 34.7 Å². The summed E-state index contributed by atoms with van der Waals surface area (Å²) in [6, 6.07) is 6.48. The lowest BCUT2D eigenvalue weighted by molar-refractivity contribution is -0.0557. The number of nitrogen functional groups attached to an aromatic ring is 1. The van der Waals surface area contributed by atoms with Gasteiger partial charge in [-0.05, 0) is 32.0 Å². The summed E-state index contributed by atoms with van der Waals surface area (Å²) in [5.41, 5.74) is 9.94. The number of hydrazine groups is 1. The average molecular weight is 424 g/mol. The van der Waals surface area contributed by atoms with E-state index in [0.717, 1.165) is 0 Å². The minimum atomic E-state index is -1.05. The van der Waals surface area contributed by atoms with Crippen LogP contribution in [-0.4, -0.2) is 40.0 Å². The van der Waals surface area contributed by atoms with Gasteiger partial charge in [-0.25, -0.2) is 14.4 Å². The fraction of sp³-hybridized carbons (Fsp3) is 0.381. The highest BCUT2D eigenvalue weighted by atomic mass is 19.1. The number of aromatic nitrogens is 2. The van der Waals surface area contributed by atoms with E-state index in [2.05, 4.69) is 21.5 Å². The maximum absolute atomic E-state index is 14.0. The van der Waals surface area contributed by atoms with E-state index >= 15 is 0 Å². The Bertz CT molecular complexity index is 1150. The van der Waals surface area contributed by atoms with Crippen molar-refractivity contribution in [3.05, 3.63) is 47.2 Å². The van der Waals surface area contributed by atoms with E-state index in [1.54, 1.807) is 25.0 Å². The first-order chi connectivity index (χ1) is 14.8. The highest BCUT2D eigenvalue weighted by molar-refractivity contribution is 5.77. The lowest BCUT2D eigenvalue weighted by Gasteiger charge is -2.29. The summed E-state index contributed by atoms with van der Waals surface area (Å²) in [6.07, 6.45) is 1.08. The van der Waals surface area contributed by atoms with Crippen LogP contribution in [0.2, 0.25) is 0 Å². The lowest BCUT2D eigenvalue weighted by atomic mass is 10.0. The second-order valence-electron chi connectivity index (χ2n) is 7.98. The number of benzene rings is 1. The number of fused-ring (bicyclic) bond motifs is 6. The van der Waals surface area contributed by atoms with Gasteiger partial charge in [0.1, 0.15) is 41.6 Å². The summed E-state index contributed by atoms with van der Waals surface area (Å²) in [4.78, 5) is 8.76. The second kappa shape index (κ2) is 6.80. The summed E-state index contributed by atoms with van der Waals surface area (Å²) in [5.74, 6) is 0.248. The molecule has 0 radical (unpaired) electrons. The molecule has 2 aromatic rings. The minimum Gasteiger partial charge on any atom is -0.487 e. The molecule has 0 spiro atoms. The molecule has 1 fully saturated rings. The molecule has 9 nitrogen and oxygen atoms in total. The molecule has 5 rings (SSSR count). The Labute approximate surface area is 178 Å². The van der Waals surface area contributed by atoms with Crippen molar-refractivity contribution in [3.63, 3.8) is 0 Å². The SMILES string of the molecule is C[C@H]1Oc2nc(cnc2N)C2=C(C#N)N(C)NC2(C)OC2CC2Oc2ccc(F)cc21. The first-order valence-corrected chi connectivity index (χ1v) is 9.89. The Balaban J connectivity index is 1.67. The van der Waals surface area contributed by atoms with E-state index in [1.807, 2.05) is 6.92 Å². The lowest BCUT2D eigenvalue weighted by Crippen LogP contribution is -2.47. The molecule has 1 aliphatic carbocycles. The summed E-state index contributed by atoms with van der Waals surface area (Å²) < 4.78 is 32.4. The molecule has 3 unspecified atom stereocenters. The van der Waals surface area contributed by atoms with Gasteiger partial charge in [0.25, 0.3) is 5.88 Å². The molecule has 31 heavy (non-hydrogen) atoms. The number of allylic oxidation sites excluding steroid dienone is 1. The van der Waals surface area contributed by atoms with Crippen LogP contribution in [0.1, 0.15) is 37.6 Å².